The highest BCUT2D eigenvalue weighted by Crippen LogP contribution is 2.05. The first kappa shape index (κ1) is 10.9. The highest BCUT2D eigenvalue weighted by atomic mass is 32.1. The largest absolute Gasteiger partial charge is 0.389 e. The number of rotatable bonds is 5. The standard InChI is InChI=1S/C9H13N3OS/c1-13-5-4-12-8-6-7(9(10)14)2-3-11-8/h2-3,6H,4-5H2,1H3,(H2,10,14)(H,11,12). The van der Waals surface area contributed by atoms with Crippen molar-refractivity contribution in [1.82, 2.24) is 4.98 Å². The zero-order chi connectivity index (χ0) is 10.4. The molecule has 14 heavy (non-hydrogen) atoms. The normalized spacial score (nSPS) is 9.79. The SMILES string of the molecule is COCCNc1cc(C(N)=S)ccn1. The molecule has 0 aliphatic carbocycles. The number of ether oxygens (including phenoxy) is 1. The number of aromatic nitrogens is 1. The van der Waals surface area contributed by atoms with Crippen LogP contribution in [-0.4, -0.2) is 30.2 Å². The first-order valence-corrected chi connectivity index (χ1v) is 4.63. The quantitative estimate of drug-likeness (QED) is 0.556. The Morgan fingerprint density at radius 2 is 2.50 bits per heavy atom. The summed E-state index contributed by atoms with van der Waals surface area (Å²) in [6.45, 7) is 1.35. The van der Waals surface area contributed by atoms with Crippen LogP contribution in [0.1, 0.15) is 5.56 Å². The van der Waals surface area contributed by atoms with Gasteiger partial charge in [0.1, 0.15) is 10.8 Å². The lowest BCUT2D eigenvalue weighted by Crippen LogP contribution is -2.12. The second-order valence-corrected chi connectivity index (χ2v) is 3.15. The number of nitrogens with zero attached hydrogens (tertiary/aromatic N) is 1. The Hall–Kier alpha value is -1.20. The Morgan fingerprint density at radius 3 is 3.14 bits per heavy atom. The second kappa shape index (κ2) is 5.51. The summed E-state index contributed by atoms with van der Waals surface area (Å²) in [4.78, 5) is 4.49. The van der Waals surface area contributed by atoms with Crippen LogP contribution in [0.15, 0.2) is 18.3 Å². The monoisotopic (exact) mass is 211 g/mol. The van der Waals surface area contributed by atoms with E-state index in [-0.39, 0.29) is 0 Å². The van der Waals surface area contributed by atoms with Crippen LogP contribution < -0.4 is 11.1 Å². The van der Waals surface area contributed by atoms with Crippen molar-refractivity contribution in [2.45, 2.75) is 0 Å². The van der Waals surface area contributed by atoms with Crippen molar-refractivity contribution >= 4 is 23.0 Å². The summed E-state index contributed by atoms with van der Waals surface area (Å²) >= 11 is 4.85. The van der Waals surface area contributed by atoms with Gasteiger partial charge < -0.3 is 15.8 Å². The Balaban J connectivity index is 2.59. The zero-order valence-corrected chi connectivity index (χ0v) is 8.80. The van der Waals surface area contributed by atoms with Gasteiger partial charge in [-0.05, 0) is 12.1 Å². The molecule has 0 aliphatic heterocycles. The molecule has 1 rings (SSSR count). The third-order valence-corrected chi connectivity index (χ3v) is 1.89. The molecule has 0 saturated heterocycles. The smallest absolute Gasteiger partial charge is 0.126 e. The van der Waals surface area contributed by atoms with Crippen molar-refractivity contribution < 1.29 is 4.74 Å². The highest BCUT2D eigenvalue weighted by Gasteiger charge is 1.98. The van der Waals surface area contributed by atoms with Gasteiger partial charge in [0, 0.05) is 25.4 Å². The molecule has 1 heterocycles. The predicted octanol–water partition coefficient (Wildman–Crippen LogP) is 0.774. The minimum Gasteiger partial charge on any atom is -0.389 e. The van der Waals surface area contributed by atoms with E-state index in [1.54, 1.807) is 19.4 Å². The van der Waals surface area contributed by atoms with E-state index in [0.717, 1.165) is 11.4 Å². The lowest BCUT2D eigenvalue weighted by molar-refractivity contribution is 0.210. The maximum atomic E-state index is 5.49. The molecule has 0 spiro atoms. The van der Waals surface area contributed by atoms with Gasteiger partial charge in [-0.1, -0.05) is 12.2 Å². The number of methoxy groups -OCH3 is 1. The fourth-order valence-electron chi connectivity index (χ4n) is 0.962. The van der Waals surface area contributed by atoms with Crippen molar-refractivity contribution in [2.24, 2.45) is 5.73 Å². The van der Waals surface area contributed by atoms with E-state index in [0.29, 0.717) is 18.1 Å². The molecule has 0 unspecified atom stereocenters. The molecule has 4 nitrogen and oxygen atoms in total. The third-order valence-electron chi connectivity index (χ3n) is 1.66. The van der Waals surface area contributed by atoms with E-state index in [2.05, 4.69) is 10.3 Å². The van der Waals surface area contributed by atoms with Crippen LogP contribution in [0.3, 0.4) is 0 Å². The van der Waals surface area contributed by atoms with Gasteiger partial charge >= 0.3 is 0 Å². The molecular formula is C9H13N3OS. The minimum atomic E-state index is 0.377. The fourth-order valence-corrected chi connectivity index (χ4v) is 1.09. The first-order chi connectivity index (χ1) is 6.74. The predicted molar refractivity (Wildman–Crippen MR) is 60.5 cm³/mol. The molecule has 0 aromatic carbocycles. The molecule has 0 saturated carbocycles. The molecule has 0 bridgehead atoms. The molecule has 0 atom stereocenters. The van der Waals surface area contributed by atoms with Crippen LogP contribution in [0, 0.1) is 0 Å². The molecule has 0 radical (unpaired) electrons. The van der Waals surface area contributed by atoms with Crippen molar-refractivity contribution in [3.05, 3.63) is 23.9 Å². The number of nitrogens with one attached hydrogen (secondary N) is 1. The van der Waals surface area contributed by atoms with Crippen LogP contribution in [-0.2, 0) is 4.74 Å². The Kier molecular flexibility index (Phi) is 4.28. The molecule has 1 aromatic rings. The summed E-state index contributed by atoms with van der Waals surface area (Å²) in [6.07, 6.45) is 1.67. The number of pyridine rings is 1. The molecule has 0 fully saturated rings. The number of thiocarbonyl (C=S) groups is 1. The second-order valence-electron chi connectivity index (χ2n) is 2.71. The van der Waals surface area contributed by atoms with E-state index in [4.69, 9.17) is 22.7 Å². The number of nitrogens with two attached hydrogens (primary N) is 1. The van der Waals surface area contributed by atoms with Crippen LogP contribution >= 0.6 is 12.2 Å². The Morgan fingerprint density at radius 1 is 1.71 bits per heavy atom. The molecule has 0 aliphatic rings. The number of hydrogen-bond acceptors (Lipinski definition) is 4. The van der Waals surface area contributed by atoms with Crippen LogP contribution in [0.4, 0.5) is 5.82 Å². The summed E-state index contributed by atoms with van der Waals surface area (Å²) in [5.74, 6) is 0.757. The van der Waals surface area contributed by atoms with Gasteiger partial charge in [0.2, 0.25) is 0 Å². The molecule has 5 heteroatoms. The van der Waals surface area contributed by atoms with Crippen LogP contribution in [0.5, 0.6) is 0 Å². The van der Waals surface area contributed by atoms with Gasteiger partial charge in [0.05, 0.1) is 6.61 Å². The summed E-state index contributed by atoms with van der Waals surface area (Å²) in [5, 5.41) is 3.09. The van der Waals surface area contributed by atoms with Gasteiger partial charge in [-0.15, -0.1) is 0 Å². The molecule has 3 N–H and O–H groups in total. The molecule has 0 amide bonds. The maximum absolute atomic E-state index is 5.49. The van der Waals surface area contributed by atoms with Crippen molar-refractivity contribution in [3.63, 3.8) is 0 Å². The highest BCUT2D eigenvalue weighted by molar-refractivity contribution is 7.80. The van der Waals surface area contributed by atoms with E-state index in [1.807, 2.05) is 6.07 Å². The summed E-state index contributed by atoms with van der Waals surface area (Å²) < 4.78 is 4.90. The van der Waals surface area contributed by atoms with Gasteiger partial charge in [0.25, 0.3) is 0 Å². The van der Waals surface area contributed by atoms with Gasteiger partial charge in [-0.2, -0.15) is 0 Å². The van der Waals surface area contributed by atoms with Crippen LogP contribution in [0.25, 0.3) is 0 Å². The number of hydrogen-bond donors (Lipinski definition) is 2. The van der Waals surface area contributed by atoms with E-state index in [9.17, 15) is 0 Å². The fraction of sp³-hybridized carbons (Fsp3) is 0.333. The topological polar surface area (TPSA) is 60.2 Å². The Labute approximate surface area is 88.5 Å². The van der Waals surface area contributed by atoms with Crippen molar-refractivity contribution in [3.8, 4) is 0 Å². The number of anilines is 1. The average molecular weight is 211 g/mol. The Bertz CT molecular complexity index is 317. The molecular weight excluding hydrogens is 198 g/mol. The third kappa shape index (κ3) is 3.27. The minimum absolute atomic E-state index is 0.377. The summed E-state index contributed by atoms with van der Waals surface area (Å²) in [6, 6.07) is 3.60. The van der Waals surface area contributed by atoms with E-state index in [1.165, 1.54) is 0 Å². The van der Waals surface area contributed by atoms with E-state index >= 15 is 0 Å². The van der Waals surface area contributed by atoms with Crippen molar-refractivity contribution in [1.29, 1.82) is 0 Å². The molecule has 1 aromatic heterocycles. The lowest BCUT2D eigenvalue weighted by atomic mass is 10.2. The zero-order valence-electron chi connectivity index (χ0n) is 7.99. The maximum Gasteiger partial charge on any atom is 0.126 e. The lowest BCUT2D eigenvalue weighted by Gasteiger charge is -2.05. The van der Waals surface area contributed by atoms with Crippen molar-refractivity contribution in [2.75, 3.05) is 25.6 Å². The summed E-state index contributed by atoms with van der Waals surface area (Å²) in [5.41, 5.74) is 6.30. The average Bonchev–Trinajstić information content (AvgIpc) is 2.19. The summed E-state index contributed by atoms with van der Waals surface area (Å²) in [7, 11) is 1.65. The van der Waals surface area contributed by atoms with Gasteiger partial charge in [0.15, 0.2) is 0 Å². The van der Waals surface area contributed by atoms with Gasteiger partial charge in [-0.3, -0.25) is 0 Å². The van der Waals surface area contributed by atoms with Crippen LogP contribution in [0.2, 0.25) is 0 Å². The van der Waals surface area contributed by atoms with Gasteiger partial charge in [-0.25, -0.2) is 4.98 Å². The first-order valence-electron chi connectivity index (χ1n) is 4.22. The van der Waals surface area contributed by atoms with E-state index < -0.39 is 0 Å². The molecule has 76 valence electrons.